The van der Waals surface area contributed by atoms with Crippen molar-refractivity contribution in [1.82, 2.24) is 10.3 Å². The zero-order valence-electron chi connectivity index (χ0n) is 7.64. The normalized spacial score (nSPS) is 23.4. The van der Waals surface area contributed by atoms with Crippen LogP contribution in [0.3, 0.4) is 0 Å². The van der Waals surface area contributed by atoms with E-state index in [4.69, 9.17) is 4.42 Å². The third-order valence-corrected chi connectivity index (χ3v) is 3.14. The standard InChI is InChI=1S/C9H13BrN2O/c1-6-8(10)13-9(12-6)7-3-2-4-11-5-7/h7,11H,2-5H2,1H3. The minimum Gasteiger partial charge on any atom is -0.433 e. The number of halogens is 1. The van der Waals surface area contributed by atoms with Crippen LogP contribution in [0.25, 0.3) is 0 Å². The molecule has 1 aliphatic rings. The van der Waals surface area contributed by atoms with Crippen molar-refractivity contribution in [3.8, 4) is 0 Å². The molecule has 1 fully saturated rings. The van der Waals surface area contributed by atoms with Crippen molar-refractivity contribution in [3.63, 3.8) is 0 Å². The second-order valence-corrected chi connectivity index (χ2v) is 4.17. The van der Waals surface area contributed by atoms with Crippen LogP contribution in [-0.2, 0) is 0 Å². The Morgan fingerprint density at radius 2 is 2.46 bits per heavy atom. The molecule has 1 aromatic rings. The van der Waals surface area contributed by atoms with Gasteiger partial charge in [0.05, 0.1) is 5.69 Å². The van der Waals surface area contributed by atoms with Gasteiger partial charge in [-0.3, -0.25) is 0 Å². The highest BCUT2D eigenvalue weighted by Crippen LogP contribution is 2.26. The Balaban J connectivity index is 2.14. The number of oxazole rings is 1. The van der Waals surface area contributed by atoms with Crippen molar-refractivity contribution in [2.45, 2.75) is 25.7 Å². The fourth-order valence-corrected chi connectivity index (χ4v) is 1.89. The van der Waals surface area contributed by atoms with Crippen molar-refractivity contribution >= 4 is 15.9 Å². The van der Waals surface area contributed by atoms with Crippen molar-refractivity contribution in [2.24, 2.45) is 0 Å². The van der Waals surface area contributed by atoms with Crippen molar-refractivity contribution in [1.29, 1.82) is 0 Å². The molecular weight excluding hydrogens is 232 g/mol. The van der Waals surface area contributed by atoms with E-state index in [0.717, 1.165) is 29.3 Å². The van der Waals surface area contributed by atoms with Crippen molar-refractivity contribution < 1.29 is 4.42 Å². The van der Waals surface area contributed by atoms with E-state index in [0.29, 0.717) is 5.92 Å². The summed E-state index contributed by atoms with van der Waals surface area (Å²) in [5, 5.41) is 3.35. The van der Waals surface area contributed by atoms with E-state index in [2.05, 4.69) is 26.2 Å². The third-order valence-electron chi connectivity index (χ3n) is 2.40. The average molecular weight is 245 g/mol. The monoisotopic (exact) mass is 244 g/mol. The molecule has 0 saturated carbocycles. The molecule has 2 heterocycles. The fourth-order valence-electron chi connectivity index (χ4n) is 1.63. The van der Waals surface area contributed by atoms with E-state index < -0.39 is 0 Å². The van der Waals surface area contributed by atoms with Gasteiger partial charge in [0.25, 0.3) is 0 Å². The predicted molar refractivity (Wildman–Crippen MR) is 53.8 cm³/mol. The van der Waals surface area contributed by atoms with Crippen LogP contribution in [0, 0.1) is 6.92 Å². The second kappa shape index (κ2) is 3.80. The maximum atomic E-state index is 5.52. The van der Waals surface area contributed by atoms with Gasteiger partial charge in [-0.25, -0.2) is 4.98 Å². The highest BCUT2D eigenvalue weighted by Gasteiger charge is 2.20. The molecule has 3 nitrogen and oxygen atoms in total. The zero-order valence-corrected chi connectivity index (χ0v) is 9.23. The topological polar surface area (TPSA) is 38.1 Å². The molecule has 1 unspecified atom stereocenters. The van der Waals surface area contributed by atoms with Crippen molar-refractivity contribution in [3.05, 3.63) is 16.3 Å². The van der Waals surface area contributed by atoms with E-state index >= 15 is 0 Å². The molecule has 0 bridgehead atoms. The van der Waals surface area contributed by atoms with Gasteiger partial charge in [-0.1, -0.05) is 0 Å². The van der Waals surface area contributed by atoms with Crippen LogP contribution in [0.5, 0.6) is 0 Å². The maximum absolute atomic E-state index is 5.52. The summed E-state index contributed by atoms with van der Waals surface area (Å²) in [4.78, 5) is 4.38. The lowest BCUT2D eigenvalue weighted by atomic mass is 10.00. The number of hydrogen-bond acceptors (Lipinski definition) is 3. The number of hydrogen-bond donors (Lipinski definition) is 1. The summed E-state index contributed by atoms with van der Waals surface area (Å²) in [6, 6.07) is 0. The molecule has 72 valence electrons. The zero-order chi connectivity index (χ0) is 9.26. The summed E-state index contributed by atoms with van der Waals surface area (Å²) in [6.07, 6.45) is 2.39. The Labute approximate surface area is 86.0 Å². The molecule has 0 aliphatic carbocycles. The third kappa shape index (κ3) is 1.94. The quantitative estimate of drug-likeness (QED) is 0.824. The Morgan fingerprint density at radius 3 is 3.00 bits per heavy atom. The molecule has 1 atom stereocenters. The number of piperidine rings is 1. The van der Waals surface area contributed by atoms with Gasteiger partial charge >= 0.3 is 0 Å². The summed E-state index contributed by atoms with van der Waals surface area (Å²) in [6.45, 7) is 4.07. The van der Waals surface area contributed by atoms with Crippen LogP contribution in [0.2, 0.25) is 0 Å². The fraction of sp³-hybridized carbons (Fsp3) is 0.667. The van der Waals surface area contributed by atoms with Gasteiger partial charge in [0.15, 0.2) is 10.6 Å². The van der Waals surface area contributed by atoms with Crippen LogP contribution >= 0.6 is 15.9 Å². The first-order chi connectivity index (χ1) is 6.27. The van der Waals surface area contributed by atoms with E-state index in [1.54, 1.807) is 0 Å². The van der Waals surface area contributed by atoms with E-state index in [1.165, 1.54) is 12.8 Å². The van der Waals surface area contributed by atoms with Crippen LogP contribution in [0.4, 0.5) is 0 Å². The molecule has 0 radical (unpaired) electrons. The number of rotatable bonds is 1. The van der Waals surface area contributed by atoms with Gasteiger partial charge in [0, 0.05) is 12.5 Å². The first kappa shape index (κ1) is 9.21. The molecule has 1 saturated heterocycles. The molecule has 4 heteroatoms. The van der Waals surface area contributed by atoms with Gasteiger partial charge in [-0.15, -0.1) is 0 Å². The number of aryl methyl sites for hydroxylation is 1. The summed E-state index contributed by atoms with van der Waals surface area (Å²) < 4.78 is 6.29. The molecule has 1 N–H and O–H groups in total. The van der Waals surface area contributed by atoms with Gasteiger partial charge in [-0.05, 0) is 42.2 Å². The molecular formula is C9H13BrN2O. The summed E-state index contributed by atoms with van der Waals surface area (Å²) in [5.41, 5.74) is 0.945. The van der Waals surface area contributed by atoms with Gasteiger partial charge in [0.2, 0.25) is 0 Å². The Kier molecular flexibility index (Phi) is 2.69. The Morgan fingerprint density at radius 1 is 1.62 bits per heavy atom. The lowest BCUT2D eigenvalue weighted by Gasteiger charge is -2.19. The van der Waals surface area contributed by atoms with Crippen molar-refractivity contribution in [2.75, 3.05) is 13.1 Å². The molecule has 0 aromatic carbocycles. The Hall–Kier alpha value is -0.350. The van der Waals surface area contributed by atoms with Crippen LogP contribution < -0.4 is 5.32 Å². The first-order valence-corrected chi connectivity index (χ1v) is 5.40. The first-order valence-electron chi connectivity index (χ1n) is 4.61. The highest BCUT2D eigenvalue weighted by atomic mass is 79.9. The van der Waals surface area contributed by atoms with Gasteiger partial charge < -0.3 is 9.73 Å². The summed E-state index contributed by atoms with van der Waals surface area (Å²) >= 11 is 3.33. The smallest absolute Gasteiger partial charge is 0.200 e. The largest absolute Gasteiger partial charge is 0.433 e. The maximum Gasteiger partial charge on any atom is 0.200 e. The minimum atomic E-state index is 0.457. The predicted octanol–water partition coefficient (Wildman–Crippen LogP) is 2.21. The number of nitrogens with one attached hydrogen (secondary N) is 1. The second-order valence-electron chi connectivity index (χ2n) is 3.45. The highest BCUT2D eigenvalue weighted by molar-refractivity contribution is 9.10. The lowest BCUT2D eigenvalue weighted by molar-refractivity contribution is 0.369. The molecule has 0 spiro atoms. The summed E-state index contributed by atoms with van der Waals surface area (Å²) in [5.74, 6) is 1.33. The van der Waals surface area contributed by atoms with Crippen LogP contribution in [-0.4, -0.2) is 18.1 Å². The lowest BCUT2D eigenvalue weighted by Crippen LogP contribution is -2.28. The van der Waals surface area contributed by atoms with E-state index in [-0.39, 0.29) is 0 Å². The average Bonchev–Trinajstić information content (AvgIpc) is 2.49. The molecule has 13 heavy (non-hydrogen) atoms. The van der Waals surface area contributed by atoms with Crippen LogP contribution in [0.15, 0.2) is 9.09 Å². The SMILES string of the molecule is Cc1nc(C2CCCNC2)oc1Br. The molecule has 1 aromatic heterocycles. The molecule has 1 aliphatic heterocycles. The van der Waals surface area contributed by atoms with E-state index in [9.17, 15) is 0 Å². The van der Waals surface area contributed by atoms with E-state index in [1.807, 2.05) is 6.92 Å². The number of aromatic nitrogens is 1. The molecule has 2 rings (SSSR count). The van der Waals surface area contributed by atoms with Crippen LogP contribution in [0.1, 0.15) is 30.3 Å². The minimum absolute atomic E-state index is 0.457. The number of nitrogens with zero attached hydrogens (tertiary/aromatic N) is 1. The summed E-state index contributed by atoms with van der Waals surface area (Å²) in [7, 11) is 0. The van der Waals surface area contributed by atoms with Gasteiger partial charge in [0.1, 0.15) is 0 Å². The van der Waals surface area contributed by atoms with Gasteiger partial charge in [-0.2, -0.15) is 0 Å². The molecule has 0 amide bonds. The Bertz CT molecular complexity index is 272.